The molecule has 1 fully saturated rings. The van der Waals surface area contributed by atoms with Gasteiger partial charge in [0.25, 0.3) is 5.56 Å². The fraction of sp³-hybridized carbons (Fsp3) is 0.651. The lowest BCUT2D eigenvalue weighted by Gasteiger charge is -2.37. The molecule has 1 aromatic heterocycles. The molecule has 100 heavy (non-hydrogen) atoms. The van der Waals surface area contributed by atoms with E-state index < -0.39 is 52.9 Å². The summed E-state index contributed by atoms with van der Waals surface area (Å²) in [5.74, 6) is -1.13. The summed E-state index contributed by atoms with van der Waals surface area (Å²) >= 11 is 0. The van der Waals surface area contributed by atoms with Crippen LogP contribution in [0.2, 0.25) is 0 Å². The van der Waals surface area contributed by atoms with Crippen LogP contribution in [0, 0.1) is 18.8 Å². The molecular weight excluding hydrogens is 1250 g/mol. The number of aromatic nitrogens is 2. The van der Waals surface area contributed by atoms with Crippen molar-refractivity contribution in [1.82, 2.24) is 14.9 Å². The van der Waals surface area contributed by atoms with Gasteiger partial charge >= 0.3 is 11.7 Å². The molecule has 4 atom stereocenters. The van der Waals surface area contributed by atoms with Crippen LogP contribution in [0.3, 0.4) is 0 Å². The number of amides is 1. The molecule has 0 saturated carbocycles. The quantitative estimate of drug-likeness (QED) is 0.0249. The zero-order valence-electron chi connectivity index (χ0n) is 62.6. The Hall–Kier alpha value is -6.38. The fourth-order valence-electron chi connectivity index (χ4n) is 14.5. The van der Waals surface area contributed by atoms with Gasteiger partial charge in [0.2, 0.25) is 5.91 Å². The number of ether oxygens (including phenoxy) is 6. The van der Waals surface area contributed by atoms with E-state index in [4.69, 9.17) is 28.4 Å². The third-order valence-corrected chi connectivity index (χ3v) is 20.6. The summed E-state index contributed by atoms with van der Waals surface area (Å²) in [4.78, 5) is 56.6. The maximum absolute atomic E-state index is 14.4. The van der Waals surface area contributed by atoms with Gasteiger partial charge < -0.3 is 38.8 Å². The number of nitrogens with one attached hydrogen (secondary N) is 2. The number of aliphatic carboxylic acids is 1. The van der Waals surface area contributed by atoms with Crippen LogP contribution >= 0.6 is 0 Å². The van der Waals surface area contributed by atoms with Gasteiger partial charge in [-0.2, -0.15) is 0 Å². The Labute approximate surface area is 602 Å². The predicted molar refractivity (Wildman–Crippen MR) is 407 cm³/mol. The van der Waals surface area contributed by atoms with Crippen LogP contribution in [0.1, 0.15) is 318 Å². The summed E-state index contributed by atoms with van der Waals surface area (Å²) in [6.45, 7) is 7.26. The Bertz CT molecular complexity index is 2960. The number of carbonyl (C=O) groups is 2. The molecule has 1 aliphatic rings. The van der Waals surface area contributed by atoms with E-state index in [-0.39, 0.29) is 31.6 Å². The van der Waals surface area contributed by atoms with Crippen LogP contribution in [0.15, 0.2) is 113 Å². The number of unbranched alkanes of at least 4 members (excludes halogenated alkanes) is 38. The number of hydrogen-bond donors (Lipinski definition) is 3. The first kappa shape index (κ1) is 82.6. The lowest BCUT2D eigenvalue weighted by atomic mass is 9.79. The zero-order chi connectivity index (χ0) is 71.1. The van der Waals surface area contributed by atoms with Gasteiger partial charge in [0.15, 0.2) is 0 Å². The van der Waals surface area contributed by atoms with E-state index in [0.29, 0.717) is 36.2 Å². The average molecular weight is 1380 g/mol. The van der Waals surface area contributed by atoms with E-state index in [1.807, 2.05) is 97.1 Å². The molecule has 3 N–H and O–H groups in total. The second-order valence-electron chi connectivity index (χ2n) is 28.7. The van der Waals surface area contributed by atoms with Gasteiger partial charge in [-0.05, 0) is 84.8 Å². The molecule has 1 aliphatic heterocycles. The number of aryl methyl sites for hydroxylation is 1. The molecular formula is C86H131N3O11. The summed E-state index contributed by atoms with van der Waals surface area (Å²) < 4.78 is 39.3. The molecule has 0 spiro atoms. The minimum absolute atomic E-state index is 0.0340. The summed E-state index contributed by atoms with van der Waals surface area (Å²) in [6.07, 6.45) is 52.2. The Balaban J connectivity index is 1.05. The first-order valence-corrected chi connectivity index (χ1v) is 39.8. The van der Waals surface area contributed by atoms with E-state index >= 15 is 0 Å². The minimum Gasteiger partial charge on any atom is -0.497 e. The Morgan fingerprint density at radius 2 is 0.910 bits per heavy atom. The van der Waals surface area contributed by atoms with Crippen molar-refractivity contribution >= 4 is 11.9 Å². The number of carbonyl (C=O) groups excluding carboxylic acids is 1. The molecule has 1 amide bonds. The summed E-state index contributed by atoms with van der Waals surface area (Å²) in [7, 11) is 3.21. The van der Waals surface area contributed by atoms with Crippen LogP contribution in [0.25, 0.3) is 0 Å². The van der Waals surface area contributed by atoms with Crippen molar-refractivity contribution in [2.45, 2.75) is 315 Å². The largest absolute Gasteiger partial charge is 0.497 e. The average Bonchev–Trinajstić information content (AvgIpc) is 0.775. The monoisotopic (exact) mass is 1380 g/mol. The summed E-state index contributed by atoms with van der Waals surface area (Å²) in [5, 5.41) is 14.2. The highest BCUT2D eigenvalue weighted by Crippen LogP contribution is 2.45. The van der Waals surface area contributed by atoms with Crippen molar-refractivity contribution in [3.8, 4) is 23.0 Å². The number of carboxylic acid groups (broad SMARTS) is 1. The third-order valence-electron chi connectivity index (χ3n) is 20.6. The number of benzene rings is 4. The molecule has 5 aromatic rings. The Morgan fingerprint density at radius 3 is 1.29 bits per heavy atom. The molecule has 0 radical (unpaired) electrons. The van der Waals surface area contributed by atoms with Gasteiger partial charge in [0.05, 0.1) is 46.1 Å². The van der Waals surface area contributed by atoms with Crippen molar-refractivity contribution in [1.29, 1.82) is 0 Å². The molecule has 2 heterocycles. The maximum atomic E-state index is 14.4. The third kappa shape index (κ3) is 30.7. The van der Waals surface area contributed by atoms with Crippen molar-refractivity contribution in [2.24, 2.45) is 11.8 Å². The lowest BCUT2D eigenvalue weighted by molar-refractivity contribution is -0.148. The molecule has 6 rings (SSSR count). The normalized spacial score (nSPS) is 14.9. The van der Waals surface area contributed by atoms with Crippen molar-refractivity contribution in [3.63, 3.8) is 0 Å². The highest BCUT2D eigenvalue weighted by Gasteiger charge is 2.47. The fourth-order valence-corrected chi connectivity index (χ4v) is 14.5. The number of hydrogen-bond acceptors (Lipinski definition) is 10. The van der Waals surface area contributed by atoms with E-state index in [9.17, 15) is 24.3 Å². The van der Waals surface area contributed by atoms with Gasteiger partial charge in [-0.1, -0.05) is 312 Å². The van der Waals surface area contributed by atoms with Crippen LogP contribution < -0.4 is 35.5 Å². The molecule has 4 aromatic carbocycles. The number of aromatic amines is 1. The Kier molecular flexibility index (Phi) is 41.3. The highest BCUT2D eigenvalue weighted by atomic mass is 16.6. The minimum atomic E-state index is -1.29. The van der Waals surface area contributed by atoms with Gasteiger partial charge in [-0.3, -0.25) is 23.9 Å². The van der Waals surface area contributed by atoms with Crippen molar-refractivity contribution < 1.29 is 43.1 Å². The van der Waals surface area contributed by atoms with Crippen LogP contribution in [0.5, 0.6) is 23.0 Å². The van der Waals surface area contributed by atoms with Crippen LogP contribution in [0.4, 0.5) is 0 Å². The van der Waals surface area contributed by atoms with Gasteiger partial charge in [-0.25, -0.2) is 4.79 Å². The molecule has 1 unspecified atom stereocenters. The number of carboxylic acids is 1. The topological polar surface area (TPSA) is 177 Å². The summed E-state index contributed by atoms with van der Waals surface area (Å²) in [5.41, 5.74) is 0.839. The van der Waals surface area contributed by atoms with Crippen molar-refractivity contribution in [2.75, 3.05) is 34.0 Å². The highest BCUT2D eigenvalue weighted by molar-refractivity contribution is 5.82. The molecule has 556 valence electrons. The number of H-pyrrole nitrogens is 1. The molecule has 14 heteroatoms. The zero-order valence-corrected chi connectivity index (χ0v) is 62.6. The van der Waals surface area contributed by atoms with E-state index in [1.54, 1.807) is 21.1 Å². The SMILES string of the molecule is CCCCCCCCCCCCCCCCCCCCCCOc1cc(CNC(=O)CC(C(=O)O)[C@H]2C[C@H](n3cc(C)c(=O)[nH]c3=O)O[C@@H]2COC(c2ccccc2)(c2ccc(OC)cc2)c2ccc(OC)cc2)cc(OCCCCCCCCCCCCCCCCCCCCCC)c1. The second kappa shape index (κ2) is 50.1. The first-order chi connectivity index (χ1) is 49.0. The maximum Gasteiger partial charge on any atom is 0.330 e. The number of rotatable bonds is 59. The second-order valence-corrected chi connectivity index (χ2v) is 28.7. The summed E-state index contributed by atoms with van der Waals surface area (Å²) in [6, 6.07) is 30.7. The smallest absolute Gasteiger partial charge is 0.330 e. The molecule has 1 saturated heterocycles. The first-order valence-electron chi connectivity index (χ1n) is 39.8. The molecule has 0 aliphatic carbocycles. The van der Waals surface area contributed by atoms with E-state index in [0.717, 1.165) is 47.9 Å². The van der Waals surface area contributed by atoms with E-state index in [1.165, 1.54) is 242 Å². The van der Waals surface area contributed by atoms with E-state index in [2.05, 4.69) is 24.1 Å². The standard InChI is InChI=1S/C86H131N3O11/c1-6-8-10-12-14-16-18-20-22-24-26-28-30-32-34-36-38-40-42-47-59-97-76-61-70(62-77(63-76)98-60-48-43-41-39-37-35-33-31-29-27-25-23-21-19-17-15-13-11-9-7-2)66-87-81(90)64-79(84(92)93)78-65-82(89-67-69(3)83(91)88-85(89)94)100-80(78)68-99-86(71-49-45-44-46-50-71,72-51-55-74(95-4)56-52-72)73-53-57-75(96-5)58-54-73/h44-46,49-58,61-63,67,78-80,82H,6-43,47-48,59-60,64-66,68H2,1-5H3,(H,87,90)(H,92,93)(H,88,91,94)/t78-,79?,80-,82-/m1/s1. The van der Waals surface area contributed by atoms with Crippen molar-refractivity contribution in [3.05, 3.63) is 152 Å². The molecule has 0 bridgehead atoms. The van der Waals surface area contributed by atoms with Gasteiger partial charge in [-0.15, -0.1) is 0 Å². The number of methoxy groups -OCH3 is 2. The van der Waals surface area contributed by atoms with Crippen LogP contribution in [-0.4, -0.2) is 66.7 Å². The van der Waals surface area contributed by atoms with Crippen LogP contribution in [-0.2, 0) is 31.2 Å². The van der Waals surface area contributed by atoms with Gasteiger partial charge in [0, 0.05) is 36.7 Å². The van der Waals surface area contributed by atoms with Gasteiger partial charge in [0.1, 0.15) is 34.8 Å². The lowest BCUT2D eigenvalue weighted by Crippen LogP contribution is -2.40. The number of nitrogens with zero attached hydrogens (tertiary/aromatic N) is 1. The molecule has 14 nitrogen and oxygen atoms in total. The predicted octanol–water partition coefficient (Wildman–Crippen LogP) is 21.6. The Morgan fingerprint density at radius 1 is 0.530 bits per heavy atom.